The van der Waals surface area contributed by atoms with Gasteiger partial charge >= 0.3 is 5.97 Å². The van der Waals surface area contributed by atoms with E-state index in [1.807, 2.05) is 5.38 Å². The monoisotopic (exact) mass is 272 g/mol. The van der Waals surface area contributed by atoms with Crippen molar-refractivity contribution in [3.05, 3.63) is 16.6 Å². The average molecular weight is 272 g/mol. The van der Waals surface area contributed by atoms with Crippen molar-refractivity contribution in [2.45, 2.75) is 25.3 Å². The minimum absolute atomic E-state index is 0.0781. The highest BCUT2D eigenvalue weighted by Crippen LogP contribution is 2.09. The quantitative estimate of drug-likeness (QED) is 0.762. The maximum absolute atomic E-state index is 11.7. The van der Waals surface area contributed by atoms with E-state index in [-0.39, 0.29) is 18.9 Å². The van der Waals surface area contributed by atoms with Crippen LogP contribution in [0.1, 0.15) is 18.4 Å². The van der Waals surface area contributed by atoms with Crippen molar-refractivity contribution in [3.63, 3.8) is 0 Å². The molecule has 7 heteroatoms. The number of ether oxygens (including phenoxy) is 1. The number of carbonyl (C=O) groups is 2. The number of aryl methyl sites for hydroxylation is 1. The van der Waals surface area contributed by atoms with Gasteiger partial charge in [0, 0.05) is 31.5 Å². The first-order valence-electron chi connectivity index (χ1n) is 5.39. The number of carboxylic acids is 1. The van der Waals surface area contributed by atoms with Crippen LogP contribution < -0.4 is 5.32 Å². The molecule has 6 nitrogen and oxygen atoms in total. The van der Waals surface area contributed by atoms with Gasteiger partial charge in [-0.3, -0.25) is 4.79 Å². The summed E-state index contributed by atoms with van der Waals surface area (Å²) in [4.78, 5) is 26.8. The third kappa shape index (κ3) is 4.08. The summed E-state index contributed by atoms with van der Waals surface area (Å²) in [6.07, 6.45) is 2.39. The number of carbonyl (C=O) groups excluding carboxylic acids is 1. The fourth-order valence-corrected chi connectivity index (χ4v) is 2.03. The van der Waals surface area contributed by atoms with Crippen LogP contribution in [0.3, 0.4) is 0 Å². The molecule has 0 radical (unpaired) electrons. The van der Waals surface area contributed by atoms with E-state index in [9.17, 15) is 9.59 Å². The van der Waals surface area contributed by atoms with Gasteiger partial charge in [-0.05, 0) is 6.92 Å². The molecule has 0 bridgehead atoms. The summed E-state index contributed by atoms with van der Waals surface area (Å²) in [7, 11) is 1.39. The van der Waals surface area contributed by atoms with Crippen molar-refractivity contribution in [2.75, 3.05) is 13.7 Å². The van der Waals surface area contributed by atoms with E-state index < -0.39 is 11.5 Å². The highest BCUT2D eigenvalue weighted by molar-refractivity contribution is 7.09. The Morgan fingerprint density at radius 2 is 2.33 bits per heavy atom. The van der Waals surface area contributed by atoms with Gasteiger partial charge in [-0.15, -0.1) is 11.3 Å². The first-order chi connectivity index (χ1) is 8.48. The predicted octanol–water partition coefficient (Wildman–Crippen LogP) is 0.682. The first-order valence-corrected chi connectivity index (χ1v) is 6.27. The van der Waals surface area contributed by atoms with Gasteiger partial charge in [0.15, 0.2) is 5.54 Å². The average Bonchev–Trinajstić information content (AvgIpc) is 2.79. The summed E-state index contributed by atoms with van der Waals surface area (Å²) in [6.45, 7) is 1.34. The molecule has 1 unspecified atom stereocenters. The number of hydrogen-bond donors (Lipinski definition) is 2. The van der Waals surface area contributed by atoms with Gasteiger partial charge in [-0.25, -0.2) is 9.78 Å². The van der Waals surface area contributed by atoms with Crippen molar-refractivity contribution in [1.82, 2.24) is 10.3 Å². The lowest BCUT2D eigenvalue weighted by Crippen LogP contribution is -2.55. The summed E-state index contributed by atoms with van der Waals surface area (Å²) in [5.41, 5.74) is -1.39. The number of thiazole rings is 1. The molecule has 0 aromatic carbocycles. The fraction of sp³-hybridized carbons (Fsp3) is 0.545. The molecule has 0 aliphatic carbocycles. The molecule has 1 rings (SSSR count). The molecule has 100 valence electrons. The number of rotatable bonds is 7. The number of nitrogens with one attached hydrogen (secondary N) is 1. The van der Waals surface area contributed by atoms with Crippen LogP contribution in [-0.2, 0) is 20.7 Å². The van der Waals surface area contributed by atoms with Crippen LogP contribution in [-0.4, -0.2) is 41.2 Å². The smallest absolute Gasteiger partial charge is 0.331 e. The van der Waals surface area contributed by atoms with E-state index >= 15 is 0 Å². The second-order valence-corrected chi connectivity index (χ2v) is 5.02. The fourth-order valence-electron chi connectivity index (χ4n) is 1.41. The molecule has 0 fully saturated rings. The number of amides is 1. The SMILES string of the molecule is COCC(C)(NC(=O)CCc1nccs1)C(=O)O. The lowest BCUT2D eigenvalue weighted by Gasteiger charge is -2.25. The Balaban J connectivity index is 2.49. The number of methoxy groups -OCH3 is 1. The minimum atomic E-state index is -1.39. The lowest BCUT2D eigenvalue weighted by atomic mass is 10.0. The zero-order valence-electron chi connectivity index (χ0n) is 10.3. The topological polar surface area (TPSA) is 88.5 Å². The van der Waals surface area contributed by atoms with Crippen LogP contribution >= 0.6 is 11.3 Å². The molecule has 2 N–H and O–H groups in total. The van der Waals surface area contributed by atoms with Crippen molar-refractivity contribution in [1.29, 1.82) is 0 Å². The first kappa shape index (κ1) is 14.6. The highest BCUT2D eigenvalue weighted by Gasteiger charge is 2.34. The van der Waals surface area contributed by atoms with Crippen molar-refractivity contribution in [2.24, 2.45) is 0 Å². The van der Waals surface area contributed by atoms with Gasteiger partial charge in [0.1, 0.15) is 0 Å². The Hall–Kier alpha value is -1.47. The normalized spacial score (nSPS) is 13.9. The number of carboxylic acid groups (broad SMARTS) is 1. The lowest BCUT2D eigenvalue weighted by molar-refractivity contribution is -0.149. The van der Waals surface area contributed by atoms with Gasteiger partial charge in [-0.1, -0.05) is 0 Å². The number of aromatic nitrogens is 1. The molecule has 0 saturated carbocycles. The van der Waals surface area contributed by atoms with Crippen LogP contribution in [0.25, 0.3) is 0 Å². The summed E-state index contributed by atoms with van der Waals surface area (Å²) in [6, 6.07) is 0. The van der Waals surface area contributed by atoms with E-state index in [1.165, 1.54) is 25.4 Å². The molecule has 1 aromatic heterocycles. The van der Waals surface area contributed by atoms with Gasteiger partial charge < -0.3 is 15.2 Å². The molecular weight excluding hydrogens is 256 g/mol. The van der Waals surface area contributed by atoms with Crippen molar-refractivity contribution >= 4 is 23.2 Å². The van der Waals surface area contributed by atoms with Crippen LogP contribution in [0, 0.1) is 0 Å². The Morgan fingerprint density at radius 1 is 1.61 bits per heavy atom. The van der Waals surface area contributed by atoms with E-state index in [0.717, 1.165) is 5.01 Å². The second kappa shape index (κ2) is 6.46. The Bertz CT molecular complexity index is 407. The van der Waals surface area contributed by atoms with Gasteiger partial charge in [0.2, 0.25) is 5.91 Å². The predicted molar refractivity (Wildman–Crippen MR) is 66.5 cm³/mol. The van der Waals surface area contributed by atoms with Crippen molar-refractivity contribution < 1.29 is 19.4 Å². The van der Waals surface area contributed by atoms with Gasteiger partial charge in [0.05, 0.1) is 11.6 Å². The van der Waals surface area contributed by atoms with Crippen LogP contribution in [0.4, 0.5) is 0 Å². The molecule has 18 heavy (non-hydrogen) atoms. The third-order valence-corrected chi connectivity index (χ3v) is 3.21. The molecular formula is C11H16N2O4S. The zero-order valence-corrected chi connectivity index (χ0v) is 11.1. The second-order valence-electron chi connectivity index (χ2n) is 4.04. The Morgan fingerprint density at radius 3 is 2.83 bits per heavy atom. The van der Waals surface area contributed by atoms with Crippen LogP contribution in [0.5, 0.6) is 0 Å². The molecule has 0 aliphatic rings. The Labute approximate surface area is 109 Å². The van der Waals surface area contributed by atoms with Crippen LogP contribution in [0.15, 0.2) is 11.6 Å². The number of aliphatic carboxylic acids is 1. The molecule has 1 amide bonds. The molecule has 0 saturated heterocycles. The van der Waals surface area contributed by atoms with Gasteiger partial charge in [-0.2, -0.15) is 0 Å². The summed E-state index contributed by atoms with van der Waals surface area (Å²) >= 11 is 1.47. The maximum Gasteiger partial charge on any atom is 0.331 e. The van der Waals surface area contributed by atoms with Crippen LogP contribution in [0.2, 0.25) is 0 Å². The summed E-state index contributed by atoms with van der Waals surface area (Å²) in [5, 5.41) is 14.2. The Kier molecular flexibility index (Phi) is 5.24. The number of nitrogens with zero attached hydrogens (tertiary/aromatic N) is 1. The van der Waals surface area contributed by atoms with E-state index in [1.54, 1.807) is 6.20 Å². The molecule has 1 aromatic rings. The molecule has 0 spiro atoms. The van der Waals surface area contributed by atoms with E-state index in [2.05, 4.69) is 10.3 Å². The molecule has 0 aliphatic heterocycles. The molecule has 1 atom stereocenters. The van der Waals surface area contributed by atoms with Crippen molar-refractivity contribution in [3.8, 4) is 0 Å². The van der Waals surface area contributed by atoms with E-state index in [0.29, 0.717) is 6.42 Å². The number of hydrogen-bond acceptors (Lipinski definition) is 5. The minimum Gasteiger partial charge on any atom is -0.479 e. The summed E-state index contributed by atoms with van der Waals surface area (Å²) < 4.78 is 4.81. The zero-order chi connectivity index (χ0) is 13.6. The molecule has 1 heterocycles. The van der Waals surface area contributed by atoms with E-state index in [4.69, 9.17) is 9.84 Å². The summed E-state index contributed by atoms with van der Waals surface area (Å²) in [5.74, 6) is -1.45. The third-order valence-electron chi connectivity index (χ3n) is 2.37. The highest BCUT2D eigenvalue weighted by atomic mass is 32.1. The largest absolute Gasteiger partial charge is 0.479 e. The van der Waals surface area contributed by atoms with Gasteiger partial charge in [0.25, 0.3) is 0 Å². The standard InChI is InChI=1S/C11H16N2O4S/c1-11(7-17-2,10(15)16)13-8(14)3-4-9-12-5-6-18-9/h5-6H,3-4,7H2,1-2H3,(H,13,14)(H,15,16). The maximum atomic E-state index is 11.7.